The Balaban J connectivity index is 1.63. The van der Waals surface area contributed by atoms with Crippen LogP contribution in [0.4, 0.5) is 0 Å². The van der Waals surface area contributed by atoms with E-state index in [2.05, 4.69) is 5.32 Å². The highest BCUT2D eigenvalue weighted by Gasteiger charge is 2.41. The molecule has 3 amide bonds. The molecule has 1 aliphatic rings. The molecule has 3 aromatic rings. The lowest BCUT2D eigenvalue weighted by atomic mass is 10.0. The SMILES string of the molecule is CCCCNC(=O)[C@H](Cc1ccccc1)N(Cc1cccc(OC)c1)C(=O)CCN1C(=O)c2ccccc2S1(=O)=O. The first-order valence-corrected chi connectivity index (χ1v) is 15.1. The number of nitrogens with zero attached hydrogens (tertiary/aromatic N) is 2. The number of fused-ring (bicyclic) bond motifs is 1. The van der Waals surface area contributed by atoms with Crippen molar-refractivity contribution in [3.8, 4) is 5.75 Å². The van der Waals surface area contributed by atoms with Gasteiger partial charge in [0.2, 0.25) is 11.8 Å². The van der Waals surface area contributed by atoms with Crippen molar-refractivity contribution in [2.24, 2.45) is 0 Å². The number of nitrogens with one attached hydrogen (secondary N) is 1. The lowest BCUT2D eigenvalue weighted by Gasteiger charge is -2.32. The number of amides is 3. The Morgan fingerprint density at radius 3 is 2.39 bits per heavy atom. The summed E-state index contributed by atoms with van der Waals surface area (Å²) >= 11 is 0. The van der Waals surface area contributed by atoms with Crippen LogP contribution in [0.15, 0.2) is 83.8 Å². The normalized spacial score (nSPS) is 14.3. The predicted molar refractivity (Wildman–Crippen MR) is 155 cm³/mol. The molecule has 0 saturated heterocycles. The third-order valence-electron chi connectivity index (χ3n) is 7.03. The van der Waals surface area contributed by atoms with Crippen molar-refractivity contribution in [1.29, 1.82) is 0 Å². The van der Waals surface area contributed by atoms with Gasteiger partial charge in [0.05, 0.1) is 12.7 Å². The largest absolute Gasteiger partial charge is 0.497 e. The highest BCUT2D eigenvalue weighted by molar-refractivity contribution is 7.90. The van der Waals surface area contributed by atoms with E-state index in [1.54, 1.807) is 37.4 Å². The Kier molecular flexibility index (Phi) is 9.78. The molecule has 9 nitrogen and oxygen atoms in total. The number of methoxy groups -OCH3 is 1. The number of hydrogen-bond donors (Lipinski definition) is 1. The second-order valence-electron chi connectivity index (χ2n) is 9.85. The van der Waals surface area contributed by atoms with Crippen molar-refractivity contribution in [3.05, 3.63) is 95.6 Å². The van der Waals surface area contributed by atoms with Crippen molar-refractivity contribution in [2.45, 2.75) is 50.1 Å². The summed E-state index contributed by atoms with van der Waals surface area (Å²) in [4.78, 5) is 41.8. The first-order chi connectivity index (χ1) is 19.8. The Labute approximate surface area is 241 Å². The summed E-state index contributed by atoms with van der Waals surface area (Å²) in [5, 5.41) is 2.96. The Morgan fingerprint density at radius 2 is 1.68 bits per heavy atom. The topological polar surface area (TPSA) is 113 Å². The number of benzene rings is 3. The summed E-state index contributed by atoms with van der Waals surface area (Å²) in [6.07, 6.45) is 1.68. The monoisotopic (exact) mass is 577 g/mol. The Bertz CT molecular complexity index is 1490. The molecule has 1 atom stereocenters. The van der Waals surface area contributed by atoms with E-state index < -0.39 is 27.9 Å². The first-order valence-electron chi connectivity index (χ1n) is 13.7. The van der Waals surface area contributed by atoms with Gasteiger partial charge in [0, 0.05) is 32.5 Å². The molecule has 0 radical (unpaired) electrons. The molecule has 0 saturated carbocycles. The van der Waals surface area contributed by atoms with Gasteiger partial charge in [-0.25, -0.2) is 12.7 Å². The summed E-state index contributed by atoms with van der Waals surface area (Å²) in [5.41, 5.74) is 1.71. The highest BCUT2D eigenvalue weighted by atomic mass is 32.2. The van der Waals surface area contributed by atoms with Crippen LogP contribution in [-0.4, -0.2) is 61.6 Å². The third-order valence-corrected chi connectivity index (χ3v) is 8.87. The standard InChI is InChI=1S/C31H35N3O6S/c1-3-4-18-32-30(36)27(21-23-11-6-5-7-12-23)33(22-24-13-10-14-25(20-24)40-2)29(35)17-19-34-31(37)26-15-8-9-16-28(26)41(34,38)39/h5-16,20,27H,3-4,17-19,21-22H2,1-2H3,(H,32,36)/t27-/m0/s1. The molecule has 0 bridgehead atoms. The molecule has 1 N–H and O–H groups in total. The second-order valence-corrected chi connectivity index (χ2v) is 11.7. The maximum Gasteiger partial charge on any atom is 0.269 e. The summed E-state index contributed by atoms with van der Waals surface area (Å²) in [7, 11) is -2.52. The van der Waals surface area contributed by atoms with Crippen LogP contribution in [0.25, 0.3) is 0 Å². The van der Waals surface area contributed by atoms with E-state index in [1.165, 1.54) is 17.0 Å². The number of sulfonamides is 1. The van der Waals surface area contributed by atoms with Crippen LogP contribution in [-0.2, 0) is 32.6 Å². The predicted octanol–water partition coefficient (Wildman–Crippen LogP) is 3.79. The molecule has 0 unspecified atom stereocenters. The van der Waals surface area contributed by atoms with Crippen molar-refractivity contribution in [1.82, 2.24) is 14.5 Å². The average molecular weight is 578 g/mol. The summed E-state index contributed by atoms with van der Waals surface area (Å²) in [5.74, 6) is -0.798. The van der Waals surface area contributed by atoms with Crippen LogP contribution in [0.3, 0.4) is 0 Å². The van der Waals surface area contributed by atoms with Crippen LogP contribution in [0, 0.1) is 0 Å². The van der Waals surface area contributed by atoms with Gasteiger partial charge >= 0.3 is 0 Å². The van der Waals surface area contributed by atoms with Gasteiger partial charge in [-0.2, -0.15) is 0 Å². The summed E-state index contributed by atoms with van der Waals surface area (Å²) < 4.78 is 32.2. The van der Waals surface area contributed by atoms with Gasteiger partial charge in [-0.15, -0.1) is 0 Å². The molecule has 0 aromatic heterocycles. The van der Waals surface area contributed by atoms with Crippen molar-refractivity contribution in [3.63, 3.8) is 0 Å². The van der Waals surface area contributed by atoms with E-state index in [0.717, 1.165) is 28.3 Å². The molecule has 3 aromatic carbocycles. The zero-order valence-corrected chi connectivity index (χ0v) is 24.1. The fraction of sp³-hybridized carbons (Fsp3) is 0.323. The number of carbonyl (C=O) groups excluding carboxylic acids is 3. The van der Waals surface area contributed by atoms with Crippen molar-refractivity contribution in [2.75, 3.05) is 20.2 Å². The van der Waals surface area contributed by atoms with Crippen LogP contribution in [0.2, 0.25) is 0 Å². The quantitative estimate of drug-likeness (QED) is 0.310. The van der Waals surface area contributed by atoms with Crippen LogP contribution in [0.5, 0.6) is 5.75 Å². The molecule has 41 heavy (non-hydrogen) atoms. The zero-order chi connectivity index (χ0) is 29.4. The minimum atomic E-state index is -4.07. The van der Waals surface area contributed by atoms with E-state index in [9.17, 15) is 22.8 Å². The highest BCUT2D eigenvalue weighted by Crippen LogP contribution is 2.30. The van der Waals surface area contributed by atoms with E-state index in [0.29, 0.717) is 12.3 Å². The van der Waals surface area contributed by atoms with E-state index in [-0.39, 0.29) is 42.3 Å². The Hall–Kier alpha value is -4.18. The van der Waals surface area contributed by atoms with Gasteiger partial charge in [0.25, 0.3) is 15.9 Å². The Morgan fingerprint density at radius 1 is 0.976 bits per heavy atom. The van der Waals surface area contributed by atoms with Gasteiger partial charge < -0.3 is 15.0 Å². The fourth-order valence-electron chi connectivity index (χ4n) is 4.82. The van der Waals surface area contributed by atoms with Crippen LogP contribution < -0.4 is 10.1 Å². The molecule has 10 heteroatoms. The minimum Gasteiger partial charge on any atom is -0.497 e. The lowest BCUT2D eigenvalue weighted by Crippen LogP contribution is -2.51. The molecule has 216 valence electrons. The summed E-state index contributed by atoms with van der Waals surface area (Å²) in [6.45, 7) is 2.26. The molecule has 0 aliphatic carbocycles. The second kappa shape index (κ2) is 13.5. The summed E-state index contributed by atoms with van der Waals surface area (Å²) in [6, 6.07) is 21.8. The maximum absolute atomic E-state index is 13.9. The van der Waals surface area contributed by atoms with E-state index in [4.69, 9.17) is 4.74 Å². The van der Waals surface area contributed by atoms with Crippen molar-refractivity contribution >= 4 is 27.7 Å². The molecule has 0 fully saturated rings. The van der Waals surface area contributed by atoms with Gasteiger partial charge in [-0.05, 0) is 41.8 Å². The zero-order valence-electron chi connectivity index (χ0n) is 23.3. The van der Waals surface area contributed by atoms with E-state index in [1.807, 2.05) is 43.3 Å². The number of unbranched alkanes of at least 4 members (excludes halogenated alkanes) is 1. The maximum atomic E-state index is 13.9. The molecule has 1 heterocycles. The smallest absolute Gasteiger partial charge is 0.269 e. The van der Waals surface area contributed by atoms with Gasteiger partial charge in [0.15, 0.2) is 0 Å². The van der Waals surface area contributed by atoms with E-state index >= 15 is 0 Å². The van der Waals surface area contributed by atoms with Crippen LogP contribution >= 0.6 is 0 Å². The van der Waals surface area contributed by atoms with Crippen molar-refractivity contribution < 1.29 is 27.5 Å². The third kappa shape index (κ3) is 6.94. The number of ether oxygens (including phenoxy) is 1. The lowest BCUT2D eigenvalue weighted by molar-refractivity contribution is -0.141. The number of rotatable bonds is 13. The molecule has 1 aliphatic heterocycles. The van der Waals surface area contributed by atoms with Gasteiger partial charge in [-0.1, -0.05) is 67.9 Å². The number of hydrogen-bond acceptors (Lipinski definition) is 6. The van der Waals surface area contributed by atoms with Gasteiger partial charge in [0.1, 0.15) is 16.7 Å². The van der Waals surface area contributed by atoms with Gasteiger partial charge in [-0.3, -0.25) is 14.4 Å². The molecular formula is C31H35N3O6S. The first kappa shape index (κ1) is 29.8. The number of carbonyl (C=O) groups is 3. The molecular weight excluding hydrogens is 542 g/mol. The fourth-order valence-corrected chi connectivity index (χ4v) is 6.39. The molecule has 4 rings (SSSR count). The van der Waals surface area contributed by atoms with Crippen LogP contribution in [0.1, 0.15) is 47.7 Å². The minimum absolute atomic E-state index is 0.0667. The molecule has 0 spiro atoms. The average Bonchev–Trinajstić information content (AvgIpc) is 3.18.